The fourth-order valence-corrected chi connectivity index (χ4v) is 1.67. The maximum absolute atomic E-state index is 11.7. The van der Waals surface area contributed by atoms with Crippen molar-refractivity contribution < 1.29 is 4.79 Å². The lowest BCUT2D eigenvalue weighted by Gasteiger charge is -2.02. The third-order valence-electron chi connectivity index (χ3n) is 2.90. The van der Waals surface area contributed by atoms with E-state index in [1.165, 1.54) is 6.08 Å². The van der Waals surface area contributed by atoms with Crippen molar-refractivity contribution in [3.05, 3.63) is 65.5 Å². The van der Waals surface area contributed by atoms with Crippen molar-refractivity contribution in [3.63, 3.8) is 0 Å². The average molecular weight is 267 g/mol. The number of pyridine rings is 1. The number of benzene rings is 1. The number of carbonyl (C=O) groups excluding carboxylic acids is 1. The zero-order valence-corrected chi connectivity index (χ0v) is 11.3. The summed E-state index contributed by atoms with van der Waals surface area (Å²) >= 11 is 0. The Morgan fingerprint density at radius 2 is 2.20 bits per heavy atom. The van der Waals surface area contributed by atoms with Crippen LogP contribution in [0.2, 0.25) is 0 Å². The number of nitrogens with one attached hydrogen (secondary N) is 1. The van der Waals surface area contributed by atoms with Crippen LogP contribution in [0.3, 0.4) is 0 Å². The van der Waals surface area contributed by atoms with Crippen LogP contribution in [0.1, 0.15) is 16.8 Å². The summed E-state index contributed by atoms with van der Waals surface area (Å²) in [5.41, 5.74) is 9.30. The van der Waals surface area contributed by atoms with Crippen LogP contribution in [-0.2, 0) is 11.3 Å². The Morgan fingerprint density at radius 3 is 2.90 bits per heavy atom. The molecule has 0 atom stereocenters. The van der Waals surface area contributed by atoms with Crippen molar-refractivity contribution in [2.24, 2.45) is 0 Å². The van der Waals surface area contributed by atoms with Gasteiger partial charge >= 0.3 is 0 Å². The van der Waals surface area contributed by atoms with Crippen molar-refractivity contribution in [3.8, 4) is 0 Å². The van der Waals surface area contributed by atoms with Crippen LogP contribution in [0.15, 0.2) is 48.7 Å². The molecule has 0 unspecified atom stereocenters. The van der Waals surface area contributed by atoms with Crippen LogP contribution < -0.4 is 11.1 Å². The van der Waals surface area contributed by atoms with Crippen LogP contribution in [0.4, 0.5) is 5.69 Å². The zero-order chi connectivity index (χ0) is 14.4. The molecule has 0 aliphatic rings. The molecule has 1 aromatic heterocycles. The summed E-state index contributed by atoms with van der Waals surface area (Å²) in [7, 11) is 0. The highest BCUT2D eigenvalue weighted by molar-refractivity contribution is 5.91. The first-order valence-corrected chi connectivity index (χ1v) is 6.37. The van der Waals surface area contributed by atoms with E-state index >= 15 is 0 Å². The summed E-state index contributed by atoms with van der Waals surface area (Å²) in [5.74, 6) is -0.158. The number of carbonyl (C=O) groups is 1. The monoisotopic (exact) mass is 267 g/mol. The molecule has 2 aromatic rings. The second kappa shape index (κ2) is 6.52. The number of nitrogens with zero attached hydrogens (tertiary/aromatic N) is 1. The Labute approximate surface area is 118 Å². The van der Waals surface area contributed by atoms with E-state index in [2.05, 4.69) is 10.3 Å². The van der Waals surface area contributed by atoms with Crippen molar-refractivity contribution >= 4 is 17.7 Å². The van der Waals surface area contributed by atoms with Gasteiger partial charge in [-0.05, 0) is 42.3 Å². The minimum Gasteiger partial charge on any atom is -0.398 e. The second-order valence-corrected chi connectivity index (χ2v) is 4.49. The average Bonchev–Trinajstić information content (AvgIpc) is 2.47. The standard InChI is InChI=1S/C16H17N3O/c1-12-5-6-13(10-15(12)17)7-8-16(20)19-11-14-4-2-3-9-18-14/h2-10H,11,17H2,1H3,(H,19,20)/b8-7+. The molecular weight excluding hydrogens is 250 g/mol. The van der Waals surface area contributed by atoms with Crippen molar-refractivity contribution in [1.29, 1.82) is 0 Å². The van der Waals surface area contributed by atoms with Gasteiger partial charge in [0.2, 0.25) is 5.91 Å². The molecule has 0 aliphatic carbocycles. The lowest BCUT2D eigenvalue weighted by molar-refractivity contribution is -0.116. The Bertz CT molecular complexity index is 621. The van der Waals surface area contributed by atoms with Gasteiger partial charge in [-0.25, -0.2) is 0 Å². The van der Waals surface area contributed by atoms with E-state index in [1.54, 1.807) is 12.3 Å². The first-order valence-electron chi connectivity index (χ1n) is 6.37. The number of nitrogen functional groups attached to an aromatic ring is 1. The molecule has 0 saturated carbocycles. The van der Waals surface area contributed by atoms with Gasteiger partial charge in [-0.2, -0.15) is 0 Å². The third-order valence-corrected chi connectivity index (χ3v) is 2.90. The van der Waals surface area contributed by atoms with Crippen molar-refractivity contribution in [1.82, 2.24) is 10.3 Å². The summed E-state index contributed by atoms with van der Waals surface area (Å²) < 4.78 is 0. The van der Waals surface area contributed by atoms with E-state index in [0.717, 1.165) is 22.5 Å². The fourth-order valence-electron chi connectivity index (χ4n) is 1.67. The second-order valence-electron chi connectivity index (χ2n) is 4.49. The number of hydrogen-bond donors (Lipinski definition) is 2. The molecule has 0 spiro atoms. The predicted molar refractivity (Wildman–Crippen MR) is 80.7 cm³/mol. The van der Waals surface area contributed by atoms with Gasteiger partial charge in [0.1, 0.15) is 0 Å². The first-order chi connectivity index (χ1) is 9.65. The molecule has 3 N–H and O–H groups in total. The van der Waals surface area contributed by atoms with Gasteiger partial charge in [0.25, 0.3) is 0 Å². The molecule has 2 rings (SSSR count). The van der Waals surface area contributed by atoms with Gasteiger partial charge in [-0.15, -0.1) is 0 Å². The molecule has 0 radical (unpaired) electrons. The largest absolute Gasteiger partial charge is 0.398 e. The normalized spacial score (nSPS) is 10.7. The Balaban J connectivity index is 1.90. The zero-order valence-electron chi connectivity index (χ0n) is 11.3. The summed E-state index contributed by atoms with van der Waals surface area (Å²) in [6, 6.07) is 11.3. The van der Waals surface area contributed by atoms with Gasteiger partial charge in [-0.3, -0.25) is 9.78 Å². The van der Waals surface area contributed by atoms with Crippen molar-refractivity contribution in [2.75, 3.05) is 5.73 Å². The highest BCUT2D eigenvalue weighted by Crippen LogP contribution is 2.13. The minimum absolute atomic E-state index is 0.158. The minimum atomic E-state index is -0.158. The Hall–Kier alpha value is -2.62. The number of nitrogens with two attached hydrogens (primary N) is 1. The van der Waals surface area contributed by atoms with E-state index < -0.39 is 0 Å². The van der Waals surface area contributed by atoms with E-state index in [0.29, 0.717) is 6.54 Å². The molecule has 0 saturated heterocycles. The van der Waals surface area contributed by atoms with Crippen LogP contribution in [0.25, 0.3) is 6.08 Å². The van der Waals surface area contributed by atoms with Gasteiger partial charge < -0.3 is 11.1 Å². The van der Waals surface area contributed by atoms with E-state index in [1.807, 2.05) is 43.3 Å². The van der Waals surface area contributed by atoms with Gasteiger partial charge in [0.15, 0.2) is 0 Å². The molecule has 0 fully saturated rings. The summed E-state index contributed by atoms with van der Waals surface area (Å²) in [6.07, 6.45) is 4.93. The summed E-state index contributed by atoms with van der Waals surface area (Å²) in [5, 5.41) is 2.78. The smallest absolute Gasteiger partial charge is 0.244 e. The van der Waals surface area contributed by atoms with E-state index in [4.69, 9.17) is 5.73 Å². The number of anilines is 1. The molecule has 4 heteroatoms. The number of aryl methyl sites for hydroxylation is 1. The fraction of sp³-hybridized carbons (Fsp3) is 0.125. The summed E-state index contributed by atoms with van der Waals surface area (Å²) in [6.45, 7) is 2.36. The van der Waals surface area contributed by atoms with Gasteiger partial charge in [0, 0.05) is 18.0 Å². The number of amides is 1. The van der Waals surface area contributed by atoms with Gasteiger partial charge in [-0.1, -0.05) is 18.2 Å². The van der Waals surface area contributed by atoms with Crippen LogP contribution in [0, 0.1) is 6.92 Å². The highest BCUT2D eigenvalue weighted by Gasteiger charge is 1.98. The van der Waals surface area contributed by atoms with Crippen LogP contribution in [0.5, 0.6) is 0 Å². The van der Waals surface area contributed by atoms with Crippen LogP contribution in [-0.4, -0.2) is 10.9 Å². The SMILES string of the molecule is Cc1ccc(/C=C/C(=O)NCc2ccccn2)cc1N. The van der Waals surface area contributed by atoms with Crippen LogP contribution >= 0.6 is 0 Å². The molecule has 0 bridgehead atoms. The summed E-state index contributed by atoms with van der Waals surface area (Å²) in [4.78, 5) is 15.8. The number of rotatable bonds is 4. The van der Waals surface area contributed by atoms with Gasteiger partial charge in [0.05, 0.1) is 12.2 Å². The molecule has 1 aromatic carbocycles. The lowest BCUT2D eigenvalue weighted by Crippen LogP contribution is -2.20. The molecule has 4 nitrogen and oxygen atoms in total. The Kier molecular flexibility index (Phi) is 4.50. The third kappa shape index (κ3) is 3.95. The van der Waals surface area contributed by atoms with E-state index in [9.17, 15) is 4.79 Å². The topological polar surface area (TPSA) is 68.0 Å². The molecule has 1 heterocycles. The maximum atomic E-state index is 11.7. The highest BCUT2D eigenvalue weighted by atomic mass is 16.1. The molecule has 20 heavy (non-hydrogen) atoms. The molecule has 1 amide bonds. The Morgan fingerprint density at radius 1 is 1.35 bits per heavy atom. The van der Waals surface area contributed by atoms with E-state index in [-0.39, 0.29) is 5.91 Å². The number of hydrogen-bond acceptors (Lipinski definition) is 3. The van der Waals surface area contributed by atoms with Crippen molar-refractivity contribution in [2.45, 2.75) is 13.5 Å². The lowest BCUT2D eigenvalue weighted by atomic mass is 10.1. The number of aromatic nitrogens is 1. The maximum Gasteiger partial charge on any atom is 0.244 e. The predicted octanol–water partition coefficient (Wildman–Crippen LogP) is 2.30. The quantitative estimate of drug-likeness (QED) is 0.659. The molecule has 102 valence electrons. The first kappa shape index (κ1) is 13.8. The molecule has 0 aliphatic heterocycles. The molecular formula is C16H17N3O.